The predicted molar refractivity (Wildman–Crippen MR) is 24.7 cm³/mol. The lowest BCUT2D eigenvalue weighted by Crippen LogP contribution is -1.78. The van der Waals surface area contributed by atoms with Crippen LogP contribution in [0.4, 0.5) is 0 Å². The first-order valence-electron chi connectivity index (χ1n) is 2.00. The van der Waals surface area contributed by atoms with Crippen LogP contribution in [-0.2, 0) is 0 Å². The highest BCUT2D eigenvalue weighted by atomic mass is 16.3. The van der Waals surface area contributed by atoms with Gasteiger partial charge in [0.25, 0.3) is 0 Å². The number of hydrogen-bond acceptors (Lipinski definition) is 2. The van der Waals surface area contributed by atoms with Gasteiger partial charge in [-0.25, -0.2) is 0 Å². The van der Waals surface area contributed by atoms with Crippen molar-refractivity contribution in [2.75, 3.05) is 0 Å². The summed E-state index contributed by atoms with van der Waals surface area (Å²) in [5.74, 6) is -0.181. The fourth-order valence-corrected chi connectivity index (χ4v) is 0.432. The number of rotatable bonds is 0. The van der Waals surface area contributed by atoms with E-state index in [1.807, 2.05) is 0 Å². The zero-order valence-electron chi connectivity index (χ0n) is 3.68. The summed E-state index contributed by atoms with van der Waals surface area (Å²) in [7, 11) is 0. The molecule has 0 fully saturated rings. The van der Waals surface area contributed by atoms with Gasteiger partial charge in [0.15, 0.2) is 11.5 Å². The van der Waals surface area contributed by atoms with Crippen LogP contribution in [0.2, 0.25) is 0 Å². The molecule has 0 amide bonds. The molecular formula is C5H5O2. The van der Waals surface area contributed by atoms with Crippen molar-refractivity contribution in [2.24, 2.45) is 0 Å². The Bertz CT molecular complexity index is 117. The summed E-state index contributed by atoms with van der Waals surface area (Å²) in [5, 5.41) is 17.0. The lowest BCUT2D eigenvalue weighted by Gasteiger charge is -1.85. The first kappa shape index (κ1) is 4.24. The molecule has 0 aromatic rings. The van der Waals surface area contributed by atoms with Crippen LogP contribution in [0.1, 0.15) is 6.42 Å². The van der Waals surface area contributed by atoms with E-state index in [1.54, 1.807) is 0 Å². The molecule has 1 aliphatic carbocycles. The van der Waals surface area contributed by atoms with Gasteiger partial charge in [-0.15, -0.1) is 0 Å². The monoisotopic (exact) mass is 97.0 g/mol. The van der Waals surface area contributed by atoms with E-state index >= 15 is 0 Å². The molecule has 1 radical (unpaired) electrons. The number of aliphatic hydroxyl groups is 2. The molecule has 7 heavy (non-hydrogen) atoms. The van der Waals surface area contributed by atoms with E-state index in [0.29, 0.717) is 6.42 Å². The number of allylic oxidation sites excluding steroid dienone is 2. The smallest absolute Gasteiger partial charge is 0.161 e. The van der Waals surface area contributed by atoms with Gasteiger partial charge in [-0.1, -0.05) is 0 Å². The van der Waals surface area contributed by atoms with E-state index in [9.17, 15) is 0 Å². The van der Waals surface area contributed by atoms with Gasteiger partial charge in [-0.2, -0.15) is 0 Å². The van der Waals surface area contributed by atoms with Crippen molar-refractivity contribution < 1.29 is 10.2 Å². The summed E-state index contributed by atoms with van der Waals surface area (Å²) in [6.45, 7) is 0. The lowest BCUT2D eigenvalue weighted by atomic mass is 10.5. The quantitative estimate of drug-likeness (QED) is 0.474. The van der Waals surface area contributed by atoms with Crippen LogP contribution in [0, 0.1) is 6.08 Å². The fourth-order valence-electron chi connectivity index (χ4n) is 0.432. The van der Waals surface area contributed by atoms with Gasteiger partial charge >= 0.3 is 0 Å². The van der Waals surface area contributed by atoms with Crippen molar-refractivity contribution in [3.8, 4) is 0 Å². The molecule has 2 nitrogen and oxygen atoms in total. The average Bonchev–Trinajstić information content (AvgIpc) is 1.91. The molecule has 0 unspecified atom stereocenters. The maximum atomic E-state index is 8.51. The number of aliphatic hydroxyl groups excluding tert-OH is 2. The molecule has 0 saturated carbocycles. The van der Waals surface area contributed by atoms with E-state index in [2.05, 4.69) is 6.08 Å². The topological polar surface area (TPSA) is 40.5 Å². The third-order valence-corrected chi connectivity index (χ3v) is 0.808. The predicted octanol–water partition coefficient (Wildman–Crippen LogP) is 1.08. The zero-order chi connectivity index (χ0) is 5.28. The lowest BCUT2D eigenvalue weighted by molar-refractivity contribution is 0.329. The van der Waals surface area contributed by atoms with E-state index in [-0.39, 0.29) is 11.5 Å². The molecule has 0 aromatic heterocycles. The highest BCUT2D eigenvalue weighted by Crippen LogP contribution is 2.10. The molecule has 0 spiro atoms. The van der Waals surface area contributed by atoms with Gasteiger partial charge in [-0.3, -0.25) is 0 Å². The van der Waals surface area contributed by atoms with Crippen molar-refractivity contribution in [1.82, 2.24) is 0 Å². The Balaban J connectivity index is 2.78. The van der Waals surface area contributed by atoms with Gasteiger partial charge in [0.1, 0.15) is 0 Å². The van der Waals surface area contributed by atoms with Crippen LogP contribution < -0.4 is 0 Å². The molecule has 0 atom stereocenters. The second kappa shape index (κ2) is 1.30. The minimum Gasteiger partial charge on any atom is -0.504 e. The Kier molecular flexibility index (Phi) is 0.785. The maximum absolute atomic E-state index is 8.51. The Morgan fingerprint density at radius 3 is 2.43 bits per heavy atom. The van der Waals surface area contributed by atoms with Crippen molar-refractivity contribution in [1.29, 1.82) is 0 Å². The largest absolute Gasteiger partial charge is 0.504 e. The van der Waals surface area contributed by atoms with Crippen LogP contribution >= 0.6 is 0 Å². The Morgan fingerprint density at radius 2 is 2.29 bits per heavy atom. The Labute approximate surface area is 41.4 Å². The van der Waals surface area contributed by atoms with E-state index in [4.69, 9.17) is 10.2 Å². The summed E-state index contributed by atoms with van der Waals surface area (Å²) < 4.78 is 0. The normalized spacial score (nSPS) is 18.9. The first-order valence-corrected chi connectivity index (χ1v) is 2.00. The van der Waals surface area contributed by atoms with Crippen molar-refractivity contribution >= 4 is 0 Å². The van der Waals surface area contributed by atoms with E-state index in [1.165, 1.54) is 6.08 Å². The van der Waals surface area contributed by atoms with Gasteiger partial charge in [0, 0.05) is 6.08 Å². The zero-order valence-corrected chi connectivity index (χ0v) is 3.68. The molecule has 0 aliphatic heterocycles. The van der Waals surface area contributed by atoms with Crippen LogP contribution in [-0.4, -0.2) is 10.2 Å². The fraction of sp³-hybridized carbons (Fsp3) is 0.200. The second-order valence-corrected chi connectivity index (χ2v) is 1.32. The summed E-state index contributed by atoms with van der Waals surface area (Å²) >= 11 is 0. The molecule has 1 aliphatic rings. The molecular weight excluding hydrogens is 92.1 g/mol. The first-order chi connectivity index (χ1) is 3.30. The molecule has 2 N–H and O–H groups in total. The molecule has 37 valence electrons. The van der Waals surface area contributed by atoms with Crippen molar-refractivity contribution in [3.63, 3.8) is 0 Å². The van der Waals surface area contributed by atoms with Crippen LogP contribution in [0.5, 0.6) is 0 Å². The average molecular weight is 97.1 g/mol. The summed E-state index contributed by atoms with van der Waals surface area (Å²) in [5.41, 5.74) is 0. The molecule has 0 aromatic carbocycles. The number of hydrogen-bond donors (Lipinski definition) is 2. The highest BCUT2D eigenvalue weighted by molar-refractivity contribution is 5.21. The molecule has 2 heteroatoms. The Hall–Kier alpha value is -0.920. The SMILES string of the molecule is OC1=[C]CC=C1O. The van der Waals surface area contributed by atoms with Gasteiger partial charge in [0.2, 0.25) is 0 Å². The van der Waals surface area contributed by atoms with Crippen LogP contribution in [0.15, 0.2) is 17.6 Å². The molecule has 0 saturated heterocycles. The molecule has 0 heterocycles. The van der Waals surface area contributed by atoms with Gasteiger partial charge in [0.05, 0.1) is 0 Å². The van der Waals surface area contributed by atoms with Crippen molar-refractivity contribution in [3.05, 3.63) is 23.7 Å². The minimum absolute atomic E-state index is 0.0556. The third kappa shape index (κ3) is 0.585. The molecule has 1 rings (SSSR count). The minimum atomic E-state index is -0.125. The van der Waals surface area contributed by atoms with Crippen LogP contribution in [0.3, 0.4) is 0 Å². The Morgan fingerprint density at radius 1 is 1.57 bits per heavy atom. The second-order valence-electron chi connectivity index (χ2n) is 1.32. The maximum Gasteiger partial charge on any atom is 0.161 e. The van der Waals surface area contributed by atoms with Crippen LogP contribution in [0.25, 0.3) is 0 Å². The van der Waals surface area contributed by atoms with E-state index in [0.717, 1.165) is 0 Å². The highest BCUT2D eigenvalue weighted by Gasteiger charge is 2.03. The van der Waals surface area contributed by atoms with Gasteiger partial charge in [-0.05, 0) is 12.5 Å². The summed E-state index contributed by atoms with van der Waals surface area (Å²) in [6.07, 6.45) is 4.52. The van der Waals surface area contributed by atoms with Crippen molar-refractivity contribution in [2.45, 2.75) is 6.42 Å². The molecule has 0 bridgehead atoms. The van der Waals surface area contributed by atoms with Gasteiger partial charge < -0.3 is 10.2 Å². The standard InChI is InChI=1S/C5H5O2/c6-4-2-1-3-5(4)7/h2,6-7H,1H2. The van der Waals surface area contributed by atoms with E-state index < -0.39 is 0 Å². The third-order valence-electron chi connectivity index (χ3n) is 0.808. The summed E-state index contributed by atoms with van der Waals surface area (Å²) in [6, 6.07) is 0. The summed E-state index contributed by atoms with van der Waals surface area (Å²) in [4.78, 5) is 0.